The lowest BCUT2D eigenvalue weighted by atomic mass is 10.5. The van der Waals surface area contributed by atoms with Gasteiger partial charge in [0.15, 0.2) is 5.96 Å². The lowest BCUT2D eigenvalue weighted by molar-refractivity contribution is 0.647. The first-order chi connectivity index (χ1) is 7.77. The van der Waals surface area contributed by atoms with Crippen molar-refractivity contribution in [2.24, 2.45) is 4.99 Å². The highest BCUT2D eigenvalue weighted by molar-refractivity contribution is 14.0. The van der Waals surface area contributed by atoms with Crippen LogP contribution in [0.25, 0.3) is 0 Å². The molecule has 0 radical (unpaired) electrons. The minimum Gasteiger partial charge on any atom is -0.355 e. The molecule has 0 atom stereocenters. The van der Waals surface area contributed by atoms with Crippen LogP contribution in [0.1, 0.15) is 5.82 Å². The fraction of sp³-hybridized carbons (Fsp3) is 0.455. The van der Waals surface area contributed by atoms with Crippen molar-refractivity contribution in [3.8, 4) is 0 Å². The third-order valence-electron chi connectivity index (χ3n) is 2.21. The van der Waals surface area contributed by atoms with E-state index in [2.05, 4.69) is 31.8 Å². The van der Waals surface area contributed by atoms with Crippen LogP contribution in [0.4, 0.5) is 0 Å². The van der Waals surface area contributed by atoms with E-state index in [9.17, 15) is 0 Å². The summed E-state index contributed by atoms with van der Waals surface area (Å²) in [5, 5.41) is 6.32. The predicted octanol–water partition coefficient (Wildman–Crippen LogP) is 1.16. The third-order valence-corrected chi connectivity index (χ3v) is 2.21. The zero-order valence-electron chi connectivity index (χ0n) is 10.3. The quantitative estimate of drug-likeness (QED) is 0.363. The van der Waals surface area contributed by atoms with Crippen molar-refractivity contribution >= 4 is 29.9 Å². The van der Waals surface area contributed by atoms with Crippen molar-refractivity contribution in [3.05, 3.63) is 30.9 Å². The number of hydrogen-bond donors (Lipinski definition) is 2. The Balaban J connectivity index is 0.00000256. The summed E-state index contributed by atoms with van der Waals surface area (Å²) in [5.74, 6) is 1.81. The van der Waals surface area contributed by atoms with Gasteiger partial charge in [-0.15, -0.1) is 30.6 Å². The molecule has 0 aliphatic carbocycles. The average molecular weight is 349 g/mol. The summed E-state index contributed by atoms with van der Waals surface area (Å²) < 4.78 is 2.09. The summed E-state index contributed by atoms with van der Waals surface area (Å²) >= 11 is 0. The molecule has 0 spiro atoms. The van der Waals surface area contributed by atoms with E-state index < -0.39 is 0 Å². The van der Waals surface area contributed by atoms with Gasteiger partial charge in [0.2, 0.25) is 0 Å². The van der Waals surface area contributed by atoms with Crippen molar-refractivity contribution in [2.75, 3.05) is 20.1 Å². The van der Waals surface area contributed by atoms with Crippen molar-refractivity contribution < 1.29 is 0 Å². The number of guanidine groups is 1. The maximum atomic E-state index is 4.16. The summed E-state index contributed by atoms with van der Waals surface area (Å²) in [4.78, 5) is 8.25. The molecule has 0 bridgehead atoms. The molecule has 5 nitrogen and oxygen atoms in total. The number of aliphatic imine (C=N–C) groups is 1. The zero-order valence-corrected chi connectivity index (χ0v) is 12.6. The van der Waals surface area contributed by atoms with Crippen molar-refractivity contribution in [1.29, 1.82) is 0 Å². The third kappa shape index (κ3) is 5.71. The van der Waals surface area contributed by atoms with Gasteiger partial charge in [0.25, 0.3) is 0 Å². The minimum atomic E-state index is 0. The van der Waals surface area contributed by atoms with E-state index in [1.807, 2.05) is 13.1 Å². The Kier molecular flexibility index (Phi) is 8.47. The van der Waals surface area contributed by atoms with E-state index in [1.165, 1.54) is 0 Å². The number of aryl methyl sites for hydroxylation is 1. The summed E-state index contributed by atoms with van der Waals surface area (Å²) in [6.07, 6.45) is 5.57. The molecule has 1 heterocycles. The Labute approximate surface area is 119 Å². The normalized spacial score (nSPS) is 10.6. The largest absolute Gasteiger partial charge is 0.355 e. The van der Waals surface area contributed by atoms with Gasteiger partial charge >= 0.3 is 0 Å². The molecular formula is C11H20IN5. The zero-order chi connectivity index (χ0) is 11.8. The molecule has 0 unspecified atom stereocenters. The van der Waals surface area contributed by atoms with Gasteiger partial charge in [0.05, 0.1) is 0 Å². The molecule has 96 valence electrons. The Hall–Kier alpha value is -1.05. The molecule has 17 heavy (non-hydrogen) atoms. The van der Waals surface area contributed by atoms with Gasteiger partial charge in [-0.25, -0.2) is 4.98 Å². The van der Waals surface area contributed by atoms with Crippen molar-refractivity contribution in [1.82, 2.24) is 20.2 Å². The van der Waals surface area contributed by atoms with Crippen LogP contribution in [0.5, 0.6) is 0 Å². The highest BCUT2D eigenvalue weighted by Crippen LogP contribution is 1.93. The highest BCUT2D eigenvalue weighted by atomic mass is 127. The molecule has 0 amide bonds. The second-order valence-electron chi connectivity index (χ2n) is 3.34. The minimum absolute atomic E-state index is 0. The average Bonchev–Trinajstić information content (AvgIpc) is 2.69. The smallest absolute Gasteiger partial charge is 0.191 e. The molecule has 0 aromatic carbocycles. The van der Waals surface area contributed by atoms with Crippen LogP contribution in [0, 0.1) is 6.92 Å². The maximum absolute atomic E-state index is 4.16. The molecule has 1 aromatic rings. The second kappa shape index (κ2) is 9.03. The SMILES string of the molecule is C=CCNC(=NC)NCCn1ccnc1C.I. The van der Waals surface area contributed by atoms with Gasteiger partial charge in [-0.05, 0) is 6.92 Å². The van der Waals surface area contributed by atoms with Gasteiger partial charge < -0.3 is 15.2 Å². The van der Waals surface area contributed by atoms with Gasteiger partial charge in [0, 0.05) is 39.1 Å². The van der Waals surface area contributed by atoms with Crippen LogP contribution in [-0.4, -0.2) is 35.6 Å². The lowest BCUT2D eigenvalue weighted by Crippen LogP contribution is -2.38. The number of halogens is 1. The fourth-order valence-electron chi connectivity index (χ4n) is 1.32. The summed E-state index contributed by atoms with van der Waals surface area (Å²) in [6, 6.07) is 0. The molecule has 0 saturated carbocycles. The first-order valence-corrected chi connectivity index (χ1v) is 5.31. The van der Waals surface area contributed by atoms with Crippen LogP contribution in [-0.2, 0) is 6.54 Å². The fourth-order valence-corrected chi connectivity index (χ4v) is 1.32. The van der Waals surface area contributed by atoms with Crippen molar-refractivity contribution in [3.63, 3.8) is 0 Å². The first-order valence-electron chi connectivity index (χ1n) is 5.31. The standard InChI is InChI=1S/C11H19N5.HI/c1-4-5-14-11(12-3)15-7-9-16-8-6-13-10(16)2;/h4,6,8H,1,5,7,9H2,2-3H3,(H2,12,14,15);1H. The molecule has 0 aliphatic rings. The second-order valence-corrected chi connectivity index (χ2v) is 3.34. The van der Waals surface area contributed by atoms with Gasteiger partial charge in [-0.1, -0.05) is 6.08 Å². The van der Waals surface area contributed by atoms with Gasteiger partial charge in [-0.3, -0.25) is 4.99 Å². The molecule has 0 aliphatic heterocycles. The Bertz CT molecular complexity index is 358. The molecule has 0 fully saturated rings. The Morgan fingerprint density at radius 2 is 2.35 bits per heavy atom. The molecule has 0 saturated heterocycles. The van der Waals surface area contributed by atoms with E-state index in [1.54, 1.807) is 19.3 Å². The van der Waals surface area contributed by atoms with E-state index in [-0.39, 0.29) is 24.0 Å². The maximum Gasteiger partial charge on any atom is 0.191 e. The van der Waals surface area contributed by atoms with E-state index in [4.69, 9.17) is 0 Å². The van der Waals surface area contributed by atoms with E-state index >= 15 is 0 Å². The van der Waals surface area contributed by atoms with Crippen LogP contribution in [0.3, 0.4) is 0 Å². The number of imidazole rings is 1. The topological polar surface area (TPSA) is 54.2 Å². The molecule has 1 rings (SSSR count). The number of hydrogen-bond acceptors (Lipinski definition) is 2. The lowest BCUT2D eigenvalue weighted by Gasteiger charge is -2.11. The van der Waals surface area contributed by atoms with Crippen LogP contribution < -0.4 is 10.6 Å². The van der Waals surface area contributed by atoms with Crippen LogP contribution in [0.2, 0.25) is 0 Å². The molecule has 1 aromatic heterocycles. The monoisotopic (exact) mass is 349 g/mol. The highest BCUT2D eigenvalue weighted by Gasteiger charge is 1.97. The summed E-state index contributed by atoms with van der Waals surface area (Å²) in [7, 11) is 1.75. The van der Waals surface area contributed by atoms with Crippen molar-refractivity contribution in [2.45, 2.75) is 13.5 Å². The molecule has 6 heteroatoms. The number of rotatable bonds is 5. The molecular weight excluding hydrogens is 329 g/mol. The summed E-state index contributed by atoms with van der Waals surface area (Å²) in [5.41, 5.74) is 0. The van der Waals surface area contributed by atoms with E-state index in [0.29, 0.717) is 6.54 Å². The number of nitrogens with one attached hydrogen (secondary N) is 2. The Morgan fingerprint density at radius 3 is 2.88 bits per heavy atom. The van der Waals surface area contributed by atoms with Gasteiger partial charge in [-0.2, -0.15) is 0 Å². The van der Waals surface area contributed by atoms with Crippen LogP contribution >= 0.6 is 24.0 Å². The van der Waals surface area contributed by atoms with E-state index in [0.717, 1.165) is 24.9 Å². The van der Waals surface area contributed by atoms with Crippen LogP contribution in [0.15, 0.2) is 30.0 Å². The predicted molar refractivity (Wildman–Crippen MR) is 81.9 cm³/mol. The first kappa shape index (κ1) is 16.0. The number of aromatic nitrogens is 2. The number of nitrogens with zero attached hydrogens (tertiary/aromatic N) is 3. The van der Waals surface area contributed by atoms with Gasteiger partial charge in [0.1, 0.15) is 5.82 Å². The Morgan fingerprint density at radius 1 is 1.59 bits per heavy atom. The molecule has 2 N–H and O–H groups in total. The summed E-state index contributed by atoms with van der Waals surface area (Å²) in [6.45, 7) is 8.03.